The molecule has 0 aliphatic carbocycles. The monoisotopic (exact) mass is 683 g/mol. The summed E-state index contributed by atoms with van der Waals surface area (Å²) in [6, 6.07) is 21.3. The molecule has 12 heteroatoms. The largest absolute Gasteiger partial charge is 0.497 e. The van der Waals surface area contributed by atoms with E-state index in [0.717, 1.165) is 22.5 Å². The number of hydrogen-bond donors (Lipinski definition) is 1. The van der Waals surface area contributed by atoms with Gasteiger partial charge >= 0.3 is 0 Å². The van der Waals surface area contributed by atoms with E-state index in [1.165, 1.54) is 0 Å². The number of hydrogen-bond acceptors (Lipinski definition) is 7. The van der Waals surface area contributed by atoms with Crippen molar-refractivity contribution in [1.82, 2.24) is 15.0 Å². The van der Waals surface area contributed by atoms with Crippen LogP contribution in [0, 0.1) is 5.92 Å². The van der Waals surface area contributed by atoms with Crippen LogP contribution in [0.5, 0.6) is 5.75 Å². The van der Waals surface area contributed by atoms with E-state index in [2.05, 4.69) is 16.4 Å². The smallest absolute Gasteiger partial charge is 0.264 e. The summed E-state index contributed by atoms with van der Waals surface area (Å²) in [7, 11) is -1.78. The lowest BCUT2D eigenvalue weighted by Gasteiger charge is -2.31. The number of anilines is 3. The van der Waals surface area contributed by atoms with Gasteiger partial charge in [-0.1, -0.05) is 42.5 Å². The number of nitrogens with zero attached hydrogens (tertiary/aromatic N) is 5. The highest BCUT2D eigenvalue weighted by Crippen LogP contribution is 2.60. The molecule has 256 valence electrons. The van der Waals surface area contributed by atoms with Gasteiger partial charge in [0.05, 0.1) is 36.8 Å². The molecule has 4 heterocycles. The molecule has 3 aromatic carbocycles. The molecule has 2 amide bonds. The molecule has 1 aromatic heterocycles. The topological polar surface area (TPSA) is 110 Å². The standard InChI is InChI=1S/C37H42FN5O5Si/c1-24-35(49(3,4)38)33(16-18-41-23-27(17-19-44)39-40-41)48-37(24)30-21-29(47-2)13-14-32(30)42(36(37)46)22-25-8-7-10-28(20-25)43-31-11-6-5-9-26(31)12-15-34(43)45/h5-11,13-14,20-21,23-24,33,35,44H,12,15-19,22H2,1-4H3/t24-,33+,35-,37+/m1/s1. The normalized spacial score (nSPS) is 23.3. The summed E-state index contributed by atoms with van der Waals surface area (Å²) in [6.07, 6.45) is 3.22. The van der Waals surface area contributed by atoms with Crippen molar-refractivity contribution < 1.29 is 28.3 Å². The first kappa shape index (κ1) is 33.1. The van der Waals surface area contributed by atoms with Crippen LogP contribution in [-0.2, 0) is 45.9 Å². The lowest BCUT2D eigenvalue weighted by molar-refractivity contribution is -0.146. The summed E-state index contributed by atoms with van der Waals surface area (Å²) in [6.45, 7) is 5.97. The number of aliphatic hydroxyl groups is 1. The predicted octanol–water partition coefficient (Wildman–Crippen LogP) is 5.84. The van der Waals surface area contributed by atoms with Gasteiger partial charge in [0.25, 0.3) is 5.91 Å². The van der Waals surface area contributed by atoms with Crippen LogP contribution in [0.25, 0.3) is 0 Å². The molecule has 1 spiro atoms. The molecule has 0 bridgehead atoms. The van der Waals surface area contributed by atoms with Crippen LogP contribution in [0.15, 0.2) is 72.9 Å². The second-order valence-corrected chi connectivity index (χ2v) is 17.6. The Morgan fingerprint density at radius 2 is 1.88 bits per heavy atom. The number of aliphatic hydroxyl groups excluding tert-OH is 1. The van der Waals surface area contributed by atoms with Gasteiger partial charge in [0.15, 0.2) is 5.60 Å². The first-order chi connectivity index (χ1) is 23.5. The summed E-state index contributed by atoms with van der Waals surface area (Å²) in [4.78, 5) is 31.6. The Balaban J connectivity index is 1.23. The van der Waals surface area contributed by atoms with Crippen molar-refractivity contribution in [2.24, 2.45) is 5.92 Å². The molecule has 10 nitrogen and oxygen atoms in total. The number of aromatic nitrogens is 3. The van der Waals surface area contributed by atoms with Crippen LogP contribution >= 0.6 is 0 Å². The molecule has 3 aliphatic heterocycles. The van der Waals surface area contributed by atoms with E-state index in [9.17, 15) is 14.7 Å². The van der Waals surface area contributed by atoms with Crippen molar-refractivity contribution in [3.8, 4) is 5.75 Å². The number of fused-ring (bicyclic) bond motifs is 3. The minimum Gasteiger partial charge on any atom is -0.497 e. The van der Waals surface area contributed by atoms with Gasteiger partial charge in [-0.05, 0) is 73.5 Å². The lowest BCUT2D eigenvalue weighted by atomic mass is 9.82. The van der Waals surface area contributed by atoms with Crippen LogP contribution in [0.1, 0.15) is 42.1 Å². The Labute approximate surface area is 286 Å². The van der Waals surface area contributed by atoms with Gasteiger partial charge in [0.2, 0.25) is 14.3 Å². The van der Waals surface area contributed by atoms with E-state index in [-0.39, 0.29) is 25.0 Å². The molecule has 0 unspecified atom stereocenters. The second-order valence-electron chi connectivity index (χ2n) is 13.8. The van der Waals surface area contributed by atoms with E-state index in [1.54, 1.807) is 40.9 Å². The maximum absolute atomic E-state index is 16.3. The Morgan fingerprint density at radius 3 is 2.65 bits per heavy atom. The molecular formula is C37H42FN5O5Si. The minimum absolute atomic E-state index is 0.0235. The van der Waals surface area contributed by atoms with E-state index in [0.29, 0.717) is 54.9 Å². The van der Waals surface area contributed by atoms with Crippen molar-refractivity contribution in [3.05, 3.63) is 95.3 Å². The molecule has 4 aromatic rings. The first-order valence-electron chi connectivity index (χ1n) is 16.9. The van der Waals surface area contributed by atoms with Crippen molar-refractivity contribution >= 4 is 37.3 Å². The van der Waals surface area contributed by atoms with Crippen LogP contribution in [0.2, 0.25) is 18.6 Å². The summed E-state index contributed by atoms with van der Waals surface area (Å²) >= 11 is 0. The molecule has 7 rings (SSSR count). The van der Waals surface area contributed by atoms with E-state index < -0.39 is 31.6 Å². The predicted molar refractivity (Wildman–Crippen MR) is 186 cm³/mol. The molecule has 0 saturated carbocycles. The van der Waals surface area contributed by atoms with E-state index in [1.807, 2.05) is 67.6 Å². The number of para-hydroxylation sites is 1. The Bertz CT molecular complexity index is 1890. The van der Waals surface area contributed by atoms with Gasteiger partial charge in [-0.2, -0.15) is 0 Å². The number of carbonyl (C=O) groups is 2. The molecule has 49 heavy (non-hydrogen) atoms. The molecule has 1 N–H and O–H groups in total. The van der Waals surface area contributed by atoms with Crippen LogP contribution in [-0.4, -0.2) is 60.1 Å². The maximum atomic E-state index is 16.3. The first-order valence-corrected chi connectivity index (χ1v) is 19.9. The second kappa shape index (κ2) is 12.8. The zero-order valence-corrected chi connectivity index (χ0v) is 29.3. The highest BCUT2D eigenvalue weighted by atomic mass is 28.4. The van der Waals surface area contributed by atoms with E-state index in [4.69, 9.17) is 9.47 Å². The highest BCUT2D eigenvalue weighted by molar-refractivity contribution is 6.72. The Morgan fingerprint density at radius 1 is 1.06 bits per heavy atom. The van der Waals surface area contributed by atoms with Crippen molar-refractivity contribution in [2.75, 3.05) is 23.5 Å². The highest BCUT2D eigenvalue weighted by Gasteiger charge is 2.66. The summed E-state index contributed by atoms with van der Waals surface area (Å²) in [5.74, 6) is -0.0706. The maximum Gasteiger partial charge on any atom is 0.264 e. The SMILES string of the molecule is COc1ccc2c(c1)[C@]1(O[C@@H](CCn3cc(CCO)nn3)[C@H]([Si](C)(C)F)[C@H]1C)C(=O)N2Cc1cccc(N2C(=O)CCc3ccccc32)c1. The lowest BCUT2D eigenvalue weighted by Crippen LogP contribution is -2.45. The van der Waals surface area contributed by atoms with Gasteiger partial charge in [0, 0.05) is 54.9 Å². The molecule has 4 atom stereocenters. The Hall–Kier alpha value is -4.39. The average Bonchev–Trinajstić information content (AvgIpc) is 3.73. The zero-order valence-electron chi connectivity index (χ0n) is 28.3. The van der Waals surface area contributed by atoms with Gasteiger partial charge in [0.1, 0.15) is 5.75 Å². The Kier molecular flexibility index (Phi) is 8.66. The van der Waals surface area contributed by atoms with Crippen LogP contribution in [0.4, 0.5) is 21.2 Å². The fourth-order valence-corrected chi connectivity index (χ4v) is 10.7. The zero-order chi connectivity index (χ0) is 34.5. The van der Waals surface area contributed by atoms with Gasteiger partial charge in [-0.15, -0.1) is 5.10 Å². The number of halogens is 1. The third-order valence-corrected chi connectivity index (χ3v) is 12.8. The number of ether oxygens (including phenoxy) is 2. The fourth-order valence-electron chi connectivity index (χ4n) is 8.20. The van der Waals surface area contributed by atoms with Gasteiger partial charge in [-0.3, -0.25) is 19.2 Å². The molecular weight excluding hydrogens is 642 g/mol. The minimum atomic E-state index is -3.36. The van der Waals surface area contributed by atoms with Gasteiger partial charge < -0.3 is 23.6 Å². The number of rotatable bonds is 10. The quantitative estimate of drug-likeness (QED) is 0.165. The van der Waals surface area contributed by atoms with Crippen LogP contribution in [0.3, 0.4) is 0 Å². The third kappa shape index (κ3) is 5.75. The molecule has 1 saturated heterocycles. The van der Waals surface area contributed by atoms with Crippen LogP contribution < -0.4 is 14.5 Å². The number of carbonyl (C=O) groups excluding carboxylic acids is 2. The summed E-state index contributed by atoms with van der Waals surface area (Å²) < 4.78 is 30.5. The number of amides is 2. The van der Waals surface area contributed by atoms with Crippen molar-refractivity contribution in [1.29, 1.82) is 0 Å². The number of benzene rings is 3. The summed E-state index contributed by atoms with van der Waals surface area (Å²) in [5, 5.41) is 17.6. The van der Waals surface area contributed by atoms with Crippen molar-refractivity contribution in [3.63, 3.8) is 0 Å². The molecule has 3 aliphatic rings. The molecule has 1 fully saturated rings. The average molecular weight is 684 g/mol. The molecule has 0 radical (unpaired) electrons. The fraction of sp³-hybridized carbons (Fsp3) is 0.405. The number of methoxy groups -OCH3 is 1. The number of aryl methyl sites for hydroxylation is 2. The van der Waals surface area contributed by atoms with Crippen molar-refractivity contribution in [2.45, 2.75) is 76.0 Å². The van der Waals surface area contributed by atoms with Gasteiger partial charge in [-0.25, -0.2) is 0 Å². The third-order valence-electron chi connectivity index (χ3n) is 10.4. The van der Waals surface area contributed by atoms with E-state index >= 15 is 4.11 Å². The summed E-state index contributed by atoms with van der Waals surface area (Å²) in [5.41, 5.74) is 3.78.